The van der Waals surface area contributed by atoms with Gasteiger partial charge in [-0.15, -0.1) is 0 Å². The minimum atomic E-state index is -3.74. The molecule has 1 unspecified atom stereocenters. The summed E-state index contributed by atoms with van der Waals surface area (Å²) in [6, 6.07) is 14.4. The van der Waals surface area contributed by atoms with Gasteiger partial charge in [0.1, 0.15) is 4.90 Å². The van der Waals surface area contributed by atoms with Crippen molar-refractivity contribution in [2.24, 2.45) is 5.14 Å². The Bertz CT molecular complexity index is 717. The van der Waals surface area contributed by atoms with Crippen molar-refractivity contribution in [1.82, 2.24) is 0 Å². The Labute approximate surface area is 127 Å². The molecule has 0 aromatic heterocycles. The lowest BCUT2D eigenvalue weighted by Crippen LogP contribution is -2.16. The maximum Gasteiger partial charge on any atom is 0.240 e. The number of para-hydroxylation sites is 1. The third kappa shape index (κ3) is 3.59. The molecular formula is C14H15BrN2O2S. The molecule has 2 aromatic carbocycles. The first kappa shape index (κ1) is 15.0. The number of anilines is 1. The molecule has 0 bridgehead atoms. The number of primary sulfonamides is 1. The van der Waals surface area contributed by atoms with E-state index in [-0.39, 0.29) is 10.9 Å². The van der Waals surface area contributed by atoms with E-state index in [1.807, 2.05) is 31.2 Å². The van der Waals surface area contributed by atoms with Crippen molar-refractivity contribution in [2.45, 2.75) is 17.9 Å². The number of benzene rings is 2. The maximum atomic E-state index is 11.6. The lowest BCUT2D eigenvalue weighted by molar-refractivity contribution is 0.598. The quantitative estimate of drug-likeness (QED) is 0.884. The highest BCUT2D eigenvalue weighted by atomic mass is 79.9. The van der Waals surface area contributed by atoms with E-state index < -0.39 is 10.0 Å². The molecule has 3 N–H and O–H groups in total. The number of hydrogen-bond donors (Lipinski definition) is 2. The highest BCUT2D eigenvalue weighted by molar-refractivity contribution is 9.10. The van der Waals surface area contributed by atoms with Gasteiger partial charge in [0.05, 0.1) is 5.69 Å². The normalized spacial score (nSPS) is 12.9. The Hall–Kier alpha value is -1.37. The van der Waals surface area contributed by atoms with Gasteiger partial charge in [-0.05, 0) is 36.8 Å². The first-order valence-corrected chi connectivity index (χ1v) is 8.35. The summed E-state index contributed by atoms with van der Waals surface area (Å²) >= 11 is 3.42. The van der Waals surface area contributed by atoms with Gasteiger partial charge in [-0.2, -0.15) is 0 Å². The SMILES string of the molecule is CC(Nc1ccccc1S(N)(=O)=O)c1cccc(Br)c1. The van der Waals surface area contributed by atoms with Crippen LogP contribution in [0, 0.1) is 0 Å². The predicted octanol–water partition coefficient (Wildman–Crippen LogP) is 3.27. The van der Waals surface area contributed by atoms with E-state index in [2.05, 4.69) is 21.2 Å². The molecule has 6 heteroatoms. The number of halogens is 1. The van der Waals surface area contributed by atoms with Crippen molar-refractivity contribution in [2.75, 3.05) is 5.32 Å². The number of nitrogens with one attached hydrogen (secondary N) is 1. The minimum Gasteiger partial charge on any atom is -0.377 e. The molecule has 0 amide bonds. The summed E-state index contributed by atoms with van der Waals surface area (Å²) in [5, 5.41) is 8.40. The van der Waals surface area contributed by atoms with Gasteiger partial charge in [0.25, 0.3) is 0 Å². The minimum absolute atomic E-state index is 0.0459. The van der Waals surface area contributed by atoms with Crippen LogP contribution in [0.5, 0.6) is 0 Å². The highest BCUT2D eigenvalue weighted by Crippen LogP contribution is 2.26. The average molecular weight is 355 g/mol. The second-order valence-electron chi connectivity index (χ2n) is 4.46. The summed E-state index contributed by atoms with van der Waals surface area (Å²) in [5.74, 6) is 0. The van der Waals surface area contributed by atoms with Crippen molar-refractivity contribution in [3.8, 4) is 0 Å². The Balaban J connectivity index is 2.31. The number of sulfonamides is 1. The van der Waals surface area contributed by atoms with E-state index in [4.69, 9.17) is 5.14 Å². The van der Waals surface area contributed by atoms with E-state index in [0.29, 0.717) is 5.69 Å². The summed E-state index contributed by atoms with van der Waals surface area (Å²) in [4.78, 5) is 0.0989. The number of hydrogen-bond acceptors (Lipinski definition) is 3. The Kier molecular flexibility index (Phi) is 4.47. The van der Waals surface area contributed by atoms with Crippen molar-refractivity contribution >= 4 is 31.6 Å². The fraction of sp³-hybridized carbons (Fsp3) is 0.143. The second-order valence-corrected chi connectivity index (χ2v) is 6.91. The molecule has 0 spiro atoms. The zero-order chi connectivity index (χ0) is 14.8. The summed E-state index contributed by atoms with van der Waals surface area (Å²) in [6.45, 7) is 1.96. The Morgan fingerprint density at radius 2 is 1.85 bits per heavy atom. The molecule has 0 aliphatic carbocycles. The van der Waals surface area contributed by atoms with Crippen molar-refractivity contribution < 1.29 is 8.42 Å². The highest BCUT2D eigenvalue weighted by Gasteiger charge is 2.15. The lowest BCUT2D eigenvalue weighted by Gasteiger charge is -2.18. The van der Waals surface area contributed by atoms with Crippen LogP contribution in [0.25, 0.3) is 0 Å². The number of rotatable bonds is 4. The molecule has 0 fully saturated rings. The topological polar surface area (TPSA) is 72.2 Å². The largest absolute Gasteiger partial charge is 0.377 e. The molecule has 1 atom stereocenters. The van der Waals surface area contributed by atoms with Gasteiger partial charge in [0.2, 0.25) is 10.0 Å². The van der Waals surface area contributed by atoms with Crippen LogP contribution >= 0.6 is 15.9 Å². The Morgan fingerprint density at radius 1 is 1.15 bits per heavy atom. The Morgan fingerprint density at radius 3 is 2.50 bits per heavy atom. The molecular weight excluding hydrogens is 340 g/mol. The maximum absolute atomic E-state index is 11.6. The van der Waals surface area contributed by atoms with E-state index >= 15 is 0 Å². The molecule has 0 heterocycles. The monoisotopic (exact) mass is 354 g/mol. The summed E-state index contributed by atoms with van der Waals surface area (Å²) < 4.78 is 24.1. The lowest BCUT2D eigenvalue weighted by atomic mass is 10.1. The first-order chi connectivity index (χ1) is 9.38. The van der Waals surface area contributed by atoms with Crippen LogP contribution in [0.15, 0.2) is 57.9 Å². The molecule has 0 saturated heterocycles. The summed E-state index contributed by atoms with van der Waals surface area (Å²) in [7, 11) is -3.74. The predicted molar refractivity (Wildman–Crippen MR) is 84.0 cm³/mol. The van der Waals surface area contributed by atoms with Gasteiger partial charge in [0, 0.05) is 10.5 Å². The third-order valence-corrected chi connectivity index (χ3v) is 4.38. The van der Waals surface area contributed by atoms with Gasteiger partial charge in [0.15, 0.2) is 0 Å². The molecule has 0 radical (unpaired) electrons. The van der Waals surface area contributed by atoms with Crippen molar-refractivity contribution in [1.29, 1.82) is 0 Å². The van der Waals surface area contributed by atoms with Gasteiger partial charge in [-0.25, -0.2) is 13.6 Å². The zero-order valence-electron chi connectivity index (χ0n) is 10.9. The molecule has 0 aliphatic heterocycles. The van der Waals surface area contributed by atoms with Crippen molar-refractivity contribution in [3.05, 3.63) is 58.6 Å². The van der Waals surface area contributed by atoms with Crippen LogP contribution in [-0.2, 0) is 10.0 Å². The van der Waals surface area contributed by atoms with Crippen LogP contribution in [0.3, 0.4) is 0 Å². The van der Waals surface area contributed by atoms with Crippen LogP contribution in [0.1, 0.15) is 18.5 Å². The molecule has 0 saturated carbocycles. The van der Waals surface area contributed by atoms with Gasteiger partial charge in [-0.3, -0.25) is 0 Å². The fourth-order valence-corrected chi connectivity index (χ4v) is 3.05. The molecule has 20 heavy (non-hydrogen) atoms. The second kappa shape index (κ2) is 5.95. The molecule has 2 rings (SSSR count). The van der Waals surface area contributed by atoms with Crippen LogP contribution < -0.4 is 10.5 Å². The van der Waals surface area contributed by atoms with E-state index in [1.54, 1.807) is 18.2 Å². The van der Waals surface area contributed by atoms with Crippen molar-refractivity contribution in [3.63, 3.8) is 0 Å². The van der Waals surface area contributed by atoms with Gasteiger partial charge >= 0.3 is 0 Å². The van der Waals surface area contributed by atoms with E-state index in [1.165, 1.54) is 6.07 Å². The van der Waals surface area contributed by atoms with Crippen LogP contribution in [0.2, 0.25) is 0 Å². The fourth-order valence-electron chi connectivity index (χ4n) is 1.93. The summed E-state index contributed by atoms with van der Waals surface area (Å²) in [6.07, 6.45) is 0. The summed E-state index contributed by atoms with van der Waals surface area (Å²) in [5.41, 5.74) is 1.55. The molecule has 2 aromatic rings. The van der Waals surface area contributed by atoms with Crippen LogP contribution in [-0.4, -0.2) is 8.42 Å². The molecule has 106 valence electrons. The van der Waals surface area contributed by atoms with E-state index in [0.717, 1.165) is 10.0 Å². The third-order valence-electron chi connectivity index (χ3n) is 2.91. The number of nitrogens with two attached hydrogens (primary N) is 1. The zero-order valence-corrected chi connectivity index (χ0v) is 13.3. The van der Waals surface area contributed by atoms with Gasteiger partial charge in [-0.1, -0.05) is 40.2 Å². The average Bonchev–Trinajstić information content (AvgIpc) is 2.38. The standard InChI is InChI=1S/C14H15BrN2O2S/c1-10(11-5-4-6-12(15)9-11)17-13-7-2-3-8-14(13)20(16,18)19/h2-10,17H,1H3,(H2,16,18,19). The molecule has 4 nitrogen and oxygen atoms in total. The smallest absolute Gasteiger partial charge is 0.240 e. The van der Waals surface area contributed by atoms with Gasteiger partial charge < -0.3 is 5.32 Å². The van der Waals surface area contributed by atoms with E-state index in [9.17, 15) is 8.42 Å². The first-order valence-electron chi connectivity index (χ1n) is 6.02. The molecule has 0 aliphatic rings. The van der Waals surface area contributed by atoms with Crippen LogP contribution in [0.4, 0.5) is 5.69 Å².